The first kappa shape index (κ1) is 13.7. The summed E-state index contributed by atoms with van der Waals surface area (Å²) in [6.07, 6.45) is -5.70. The van der Waals surface area contributed by atoms with E-state index >= 15 is 0 Å². The molecule has 0 radical (unpaired) electrons. The molecule has 0 bridgehead atoms. The Bertz CT molecular complexity index is 372. The lowest BCUT2D eigenvalue weighted by Gasteiger charge is -2.03. The van der Waals surface area contributed by atoms with E-state index in [1.165, 1.54) is 4.72 Å². The number of hydrogen-bond acceptors (Lipinski definition) is 4. The Morgan fingerprint density at radius 2 is 2.00 bits per heavy atom. The zero-order valence-electron chi connectivity index (χ0n) is 7.41. The topological polar surface area (TPSA) is 89.3 Å². The summed E-state index contributed by atoms with van der Waals surface area (Å²) < 4.78 is 57.7. The van der Waals surface area contributed by atoms with Crippen molar-refractivity contribution in [1.82, 2.24) is 4.72 Å². The van der Waals surface area contributed by atoms with Crippen LogP contribution in [0.2, 0.25) is 0 Å². The summed E-state index contributed by atoms with van der Waals surface area (Å²) >= 11 is 0. The van der Waals surface area contributed by atoms with Gasteiger partial charge in [-0.1, -0.05) is 0 Å². The van der Waals surface area contributed by atoms with Gasteiger partial charge in [-0.3, -0.25) is 14.8 Å². The van der Waals surface area contributed by atoms with Gasteiger partial charge in [0.15, 0.2) is 0 Å². The van der Waals surface area contributed by atoms with Gasteiger partial charge in [-0.25, -0.2) is 8.42 Å². The number of alkyl halides is 3. The van der Waals surface area contributed by atoms with E-state index in [-0.39, 0.29) is 6.20 Å². The van der Waals surface area contributed by atoms with Crippen molar-refractivity contribution in [2.24, 2.45) is 0 Å². The van der Waals surface area contributed by atoms with Crippen molar-refractivity contribution >= 4 is 10.0 Å². The maximum Gasteiger partial charge on any atom is 0.399 e. The SMILES string of the molecule is CS(=O)(=O)NC=C(CC(F)(F)F)[N+](=O)[O-]. The van der Waals surface area contributed by atoms with E-state index in [2.05, 4.69) is 0 Å². The number of hydrogen-bond donors (Lipinski definition) is 1. The Kier molecular flexibility index (Phi) is 4.07. The van der Waals surface area contributed by atoms with E-state index in [4.69, 9.17) is 0 Å². The minimum absolute atomic E-state index is 0.211. The quantitative estimate of drug-likeness (QED) is 0.583. The number of nitro groups is 1. The first-order valence-electron chi connectivity index (χ1n) is 3.39. The monoisotopic (exact) mass is 248 g/mol. The standard InChI is InChI=1S/C5H7F3N2O4S/c1-15(13,14)9-3-4(10(11)12)2-5(6,7)8/h3,9H,2H2,1H3. The summed E-state index contributed by atoms with van der Waals surface area (Å²) in [5.41, 5.74) is -1.27. The molecular formula is C5H7F3N2O4S. The Labute approximate surface area is 83.0 Å². The number of nitrogens with zero attached hydrogens (tertiary/aromatic N) is 1. The van der Waals surface area contributed by atoms with E-state index in [1.807, 2.05) is 0 Å². The van der Waals surface area contributed by atoms with E-state index < -0.39 is 33.2 Å². The second kappa shape index (κ2) is 4.47. The molecule has 0 fully saturated rings. The van der Waals surface area contributed by atoms with Crippen LogP contribution < -0.4 is 4.72 Å². The van der Waals surface area contributed by atoms with Crippen LogP contribution >= 0.6 is 0 Å². The Morgan fingerprint density at radius 3 is 2.27 bits per heavy atom. The van der Waals surface area contributed by atoms with Gasteiger partial charge in [0, 0.05) is 0 Å². The highest BCUT2D eigenvalue weighted by molar-refractivity contribution is 7.88. The molecule has 0 heterocycles. The molecule has 0 aliphatic heterocycles. The van der Waals surface area contributed by atoms with Crippen molar-refractivity contribution in [3.63, 3.8) is 0 Å². The second-order valence-electron chi connectivity index (χ2n) is 2.57. The highest BCUT2D eigenvalue weighted by atomic mass is 32.2. The minimum Gasteiger partial charge on any atom is -0.284 e. The normalized spacial score (nSPS) is 13.7. The summed E-state index contributed by atoms with van der Waals surface area (Å²) in [7, 11) is -3.81. The first-order valence-corrected chi connectivity index (χ1v) is 5.28. The van der Waals surface area contributed by atoms with Gasteiger partial charge in [-0.2, -0.15) is 13.2 Å². The van der Waals surface area contributed by atoms with Crippen LogP contribution in [0.25, 0.3) is 0 Å². The summed E-state index contributed by atoms with van der Waals surface area (Å²) in [6.45, 7) is 0. The van der Waals surface area contributed by atoms with Gasteiger partial charge < -0.3 is 0 Å². The molecule has 0 aromatic rings. The minimum atomic E-state index is -4.77. The third kappa shape index (κ3) is 7.73. The van der Waals surface area contributed by atoms with Gasteiger partial charge in [0.25, 0.3) is 5.70 Å². The van der Waals surface area contributed by atoms with Crippen LogP contribution in [0.1, 0.15) is 6.42 Å². The Balaban J connectivity index is 4.77. The molecule has 0 saturated carbocycles. The van der Waals surface area contributed by atoms with Gasteiger partial charge >= 0.3 is 6.18 Å². The number of rotatable bonds is 4. The van der Waals surface area contributed by atoms with Crippen LogP contribution in [0.5, 0.6) is 0 Å². The molecule has 88 valence electrons. The molecule has 0 amide bonds. The molecular weight excluding hydrogens is 241 g/mol. The third-order valence-corrected chi connectivity index (χ3v) is 1.60. The lowest BCUT2D eigenvalue weighted by Crippen LogP contribution is -2.20. The number of nitrogens with one attached hydrogen (secondary N) is 1. The van der Waals surface area contributed by atoms with Gasteiger partial charge in [0.05, 0.1) is 17.4 Å². The summed E-state index contributed by atoms with van der Waals surface area (Å²) in [5, 5.41) is 10.1. The van der Waals surface area contributed by atoms with E-state index in [1.54, 1.807) is 0 Å². The average Bonchev–Trinajstić information content (AvgIpc) is 1.93. The van der Waals surface area contributed by atoms with Crippen LogP contribution in [0.15, 0.2) is 11.9 Å². The van der Waals surface area contributed by atoms with E-state index in [0.717, 1.165) is 0 Å². The molecule has 0 atom stereocenters. The Hall–Kier alpha value is -1.32. The Morgan fingerprint density at radius 1 is 1.53 bits per heavy atom. The highest BCUT2D eigenvalue weighted by Crippen LogP contribution is 2.24. The van der Waals surface area contributed by atoms with Gasteiger partial charge in [-0.15, -0.1) is 0 Å². The number of halogens is 3. The maximum absolute atomic E-state index is 11.8. The van der Waals surface area contributed by atoms with E-state index in [0.29, 0.717) is 6.26 Å². The summed E-state index contributed by atoms with van der Waals surface area (Å²) in [4.78, 5) is 8.80. The molecule has 15 heavy (non-hydrogen) atoms. The molecule has 10 heteroatoms. The number of allylic oxidation sites excluding steroid dienone is 1. The van der Waals surface area contributed by atoms with Crippen LogP contribution in [0.4, 0.5) is 13.2 Å². The fourth-order valence-corrected chi connectivity index (χ4v) is 0.899. The molecule has 0 aliphatic rings. The van der Waals surface area contributed by atoms with Crippen molar-refractivity contribution in [2.75, 3.05) is 6.26 Å². The largest absolute Gasteiger partial charge is 0.399 e. The third-order valence-electron chi connectivity index (χ3n) is 1.06. The summed E-state index contributed by atoms with van der Waals surface area (Å²) in [6, 6.07) is 0. The van der Waals surface area contributed by atoms with Crippen LogP contribution in [-0.4, -0.2) is 25.8 Å². The average molecular weight is 248 g/mol. The lowest BCUT2D eigenvalue weighted by atomic mass is 10.3. The molecule has 6 nitrogen and oxygen atoms in total. The van der Waals surface area contributed by atoms with Crippen molar-refractivity contribution in [1.29, 1.82) is 0 Å². The zero-order valence-corrected chi connectivity index (χ0v) is 8.22. The molecule has 0 unspecified atom stereocenters. The fraction of sp³-hybridized carbons (Fsp3) is 0.600. The molecule has 0 aromatic heterocycles. The predicted molar refractivity (Wildman–Crippen MR) is 43.7 cm³/mol. The van der Waals surface area contributed by atoms with Crippen LogP contribution in [0.3, 0.4) is 0 Å². The van der Waals surface area contributed by atoms with Crippen molar-refractivity contribution < 1.29 is 26.5 Å². The zero-order chi connectivity index (χ0) is 12.3. The lowest BCUT2D eigenvalue weighted by molar-refractivity contribution is -0.434. The smallest absolute Gasteiger partial charge is 0.284 e. The molecule has 1 N–H and O–H groups in total. The van der Waals surface area contributed by atoms with E-state index in [9.17, 15) is 31.7 Å². The molecule has 0 saturated heterocycles. The predicted octanol–water partition coefficient (Wildman–Crippen LogP) is 0.606. The van der Waals surface area contributed by atoms with Gasteiger partial charge in [0.1, 0.15) is 6.42 Å². The molecule has 0 aliphatic carbocycles. The van der Waals surface area contributed by atoms with Crippen molar-refractivity contribution in [3.05, 3.63) is 22.0 Å². The first-order chi connectivity index (χ1) is 6.51. The molecule has 0 aromatic carbocycles. The van der Waals surface area contributed by atoms with Crippen LogP contribution in [-0.2, 0) is 10.0 Å². The van der Waals surface area contributed by atoms with Gasteiger partial charge in [-0.05, 0) is 0 Å². The highest BCUT2D eigenvalue weighted by Gasteiger charge is 2.34. The number of sulfonamides is 1. The van der Waals surface area contributed by atoms with Crippen molar-refractivity contribution in [3.8, 4) is 0 Å². The van der Waals surface area contributed by atoms with Crippen LogP contribution in [0, 0.1) is 10.1 Å². The van der Waals surface area contributed by atoms with Crippen molar-refractivity contribution in [2.45, 2.75) is 12.6 Å². The summed E-state index contributed by atoms with van der Waals surface area (Å²) in [5.74, 6) is 0. The molecule has 0 rings (SSSR count). The maximum atomic E-state index is 11.8. The fourth-order valence-electron chi connectivity index (χ4n) is 0.549. The van der Waals surface area contributed by atoms with Gasteiger partial charge in [0.2, 0.25) is 10.0 Å². The molecule has 0 spiro atoms. The second-order valence-corrected chi connectivity index (χ2v) is 4.35.